The highest BCUT2D eigenvalue weighted by atomic mass is 35.5. The zero-order chi connectivity index (χ0) is 13.4. The Labute approximate surface area is 116 Å². The first-order valence-corrected chi connectivity index (χ1v) is 6.41. The van der Waals surface area contributed by atoms with Crippen LogP contribution in [0.2, 0.25) is 5.02 Å². The fourth-order valence-corrected chi connectivity index (χ4v) is 2.56. The Bertz CT molecular complexity index is 774. The van der Waals surface area contributed by atoms with Crippen molar-refractivity contribution in [1.29, 1.82) is 0 Å². The molecule has 0 bridgehead atoms. The van der Waals surface area contributed by atoms with E-state index in [1.165, 1.54) is 0 Å². The molecule has 0 amide bonds. The van der Waals surface area contributed by atoms with Gasteiger partial charge in [0.05, 0.1) is 5.69 Å². The van der Waals surface area contributed by atoms with Crippen molar-refractivity contribution in [3.05, 3.63) is 58.6 Å². The first kappa shape index (κ1) is 12.0. The van der Waals surface area contributed by atoms with E-state index in [4.69, 9.17) is 11.6 Å². The molecule has 0 spiro atoms. The van der Waals surface area contributed by atoms with Gasteiger partial charge in [-0.1, -0.05) is 41.4 Å². The minimum absolute atomic E-state index is 0.633. The average molecular weight is 270 g/mol. The summed E-state index contributed by atoms with van der Waals surface area (Å²) in [5.74, 6) is 0. The molecule has 2 nitrogen and oxygen atoms in total. The van der Waals surface area contributed by atoms with E-state index in [-0.39, 0.29) is 0 Å². The normalized spacial score (nSPS) is 10.8. The van der Waals surface area contributed by atoms with Gasteiger partial charge in [-0.3, -0.25) is 4.79 Å². The highest BCUT2D eigenvalue weighted by Crippen LogP contribution is 2.33. The number of aryl methyl sites for hydroxylation is 1. The van der Waals surface area contributed by atoms with Crippen LogP contribution in [0.4, 0.5) is 0 Å². The summed E-state index contributed by atoms with van der Waals surface area (Å²) in [5, 5.41) is 1.57. The van der Waals surface area contributed by atoms with E-state index >= 15 is 0 Å². The molecule has 0 saturated carbocycles. The van der Waals surface area contributed by atoms with Crippen molar-refractivity contribution < 1.29 is 4.79 Å². The zero-order valence-electron chi connectivity index (χ0n) is 10.4. The number of nitrogens with one attached hydrogen (secondary N) is 1. The molecule has 94 valence electrons. The molecule has 0 atom stereocenters. The number of carbonyl (C=O) groups excluding carboxylic acids is 1. The molecule has 3 rings (SSSR count). The van der Waals surface area contributed by atoms with Crippen molar-refractivity contribution in [3.63, 3.8) is 0 Å². The summed E-state index contributed by atoms with van der Waals surface area (Å²) in [6.45, 7) is 2.01. The average Bonchev–Trinajstić information content (AvgIpc) is 2.76. The van der Waals surface area contributed by atoms with Crippen molar-refractivity contribution in [2.75, 3.05) is 0 Å². The highest BCUT2D eigenvalue weighted by Gasteiger charge is 2.14. The van der Waals surface area contributed by atoms with Crippen LogP contribution >= 0.6 is 11.6 Å². The Balaban J connectivity index is 2.36. The van der Waals surface area contributed by atoms with Gasteiger partial charge in [0.2, 0.25) is 0 Å². The van der Waals surface area contributed by atoms with Gasteiger partial charge in [-0.15, -0.1) is 0 Å². The van der Waals surface area contributed by atoms with Crippen molar-refractivity contribution >= 4 is 28.8 Å². The molecule has 0 aliphatic carbocycles. The molecule has 0 aliphatic rings. The first-order chi connectivity index (χ1) is 9.20. The molecule has 0 aliphatic heterocycles. The molecule has 0 saturated heterocycles. The van der Waals surface area contributed by atoms with Crippen molar-refractivity contribution in [2.24, 2.45) is 0 Å². The van der Waals surface area contributed by atoms with Gasteiger partial charge in [0.1, 0.15) is 0 Å². The van der Waals surface area contributed by atoms with E-state index in [2.05, 4.69) is 4.98 Å². The standard InChI is InChI=1S/C16H12ClNO/c1-10-6-7-15-12(8-10)13(9-19)16(18-15)11-4-2-3-5-14(11)17/h2-9,18H,1H3. The summed E-state index contributed by atoms with van der Waals surface area (Å²) in [4.78, 5) is 14.7. The molecular weight excluding hydrogens is 258 g/mol. The number of aromatic nitrogens is 1. The maximum Gasteiger partial charge on any atom is 0.152 e. The number of carbonyl (C=O) groups is 1. The molecule has 2 aromatic carbocycles. The third-order valence-corrected chi connectivity index (χ3v) is 3.58. The van der Waals surface area contributed by atoms with Gasteiger partial charge in [-0.25, -0.2) is 0 Å². The van der Waals surface area contributed by atoms with Gasteiger partial charge < -0.3 is 4.98 Å². The second kappa shape index (κ2) is 4.56. The summed E-state index contributed by atoms with van der Waals surface area (Å²) in [5.41, 5.74) is 4.36. The minimum Gasteiger partial charge on any atom is -0.354 e. The lowest BCUT2D eigenvalue weighted by Crippen LogP contribution is -1.85. The van der Waals surface area contributed by atoms with Gasteiger partial charge in [0.15, 0.2) is 6.29 Å². The fourth-order valence-electron chi connectivity index (χ4n) is 2.33. The van der Waals surface area contributed by atoms with Gasteiger partial charge in [0, 0.05) is 27.1 Å². The van der Waals surface area contributed by atoms with E-state index in [9.17, 15) is 4.79 Å². The van der Waals surface area contributed by atoms with Crippen LogP contribution in [-0.4, -0.2) is 11.3 Å². The van der Waals surface area contributed by atoms with Crippen LogP contribution in [0.15, 0.2) is 42.5 Å². The van der Waals surface area contributed by atoms with Crippen LogP contribution in [0.3, 0.4) is 0 Å². The van der Waals surface area contributed by atoms with Crippen molar-refractivity contribution in [2.45, 2.75) is 6.92 Å². The summed E-state index contributed by atoms with van der Waals surface area (Å²) in [6, 6.07) is 13.5. The Hall–Kier alpha value is -2.06. The maximum absolute atomic E-state index is 11.4. The number of aldehydes is 1. The van der Waals surface area contributed by atoms with Crippen molar-refractivity contribution in [3.8, 4) is 11.3 Å². The van der Waals surface area contributed by atoms with Crippen LogP contribution < -0.4 is 0 Å². The van der Waals surface area contributed by atoms with Crippen LogP contribution in [0.25, 0.3) is 22.2 Å². The van der Waals surface area contributed by atoms with E-state index in [0.717, 1.165) is 34.0 Å². The molecule has 3 heteroatoms. The van der Waals surface area contributed by atoms with Crippen LogP contribution in [-0.2, 0) is 0 Å². The molecule has 19 heavy (non-hydrogen) atoms. The molecule has 3 aromatic rings. The van der Waals surface area contributed by atoms with E-state index in [1.807, 2.05) is 49.4 Å². The third kappa shape index (κ3) is 1.94. The second-order valence-electron chi connectivity index (χ2n) is 4.56. The summed E-state index contributed by atoms with van der Waals surface area (Å²) < 4.78 is 0. The third-order valence-electron chi connectivity index (χ3n) is 3.26. The SMILES string of the molecule is Cc1ccc2[nH]c(-c3ccccc3Cl)c(C=O)c2c1. The maximum atomic E-state index is 11.4. The number of halogens is 1. The predicted octanol–water partition coefficient (Wildman–Crippen LogP) is 4.61. The Morgan fingerprint density at radius 3 is 2.68 bits per heavy atom. The number of benzene rings is 2. The Morgan fingerprint density at radius 1 is 1.16 bits per heavy atom. The monoisotopic (exact) mass is 269 g/mol. The molecule has 0 unspecified atom stereocenters. The lowest BCUT2D eigenvalue weighted by Gasteiger charge is -2.02. The van der Waals surface area contributed by atoms with Gasteiger partial charge >= 0.3 is 0 Å². The number of fused-ring (bicyclic) bond motifs is 1. The number of hydrogen-bond acceptors (Lipinski definition) is 1. The van der Waals surface area contributed by atoms with Crippen LogP contribution in [0.1, 0.15) is 15.9 Å². The lowest BCUT2D eigenvalue weighted by molar-refractivity contribution is 0.112. The van der Waals surface area contributed by atoms with Gasteiger partial charge in [-0.2, -0.15) is 0 Å². The molecule has 1 N–H and O–H groups in total. The Morgan fingerprint density at radius 2 is 1.95 bits per heavy atom. The fraction of sp³-hybridized carbons (Fsp3) is 0.0625. The molecule has 1 aromatic heterocycles. The number of H-pyrrole nitrogens is 1. The smallest absolute Gasteiger partial charge is 0.152 e. The van der Waals surface area contributed by atoms with Crippen LogP contribution in [0.5, 0.6) is 0 Å². The lowest BCUT2D eigenvalue weighted by atomic mass is 10.1. The molecule has 0 radical (unpaired) electrons. The second-order valence-corrected chi connectivity index (χ2v) is 4.97. The quantitative estimate of drug-likeness (QED) is 0.677. The summed E-state index contributed by atoms with van der Waals surface area (Å²) >= 11 is 6.21. The Kier molecular flexibility index (Phi) is 2.88. The van der Waals surface area contributed by atoms with E-state index in [0.29, 0.717) is 10.6 Å². The van der Waals surface area contributed by atoms with Crippen molar-refractivity contribution in [1.82, 2.24) is 4.98 Å². The first-order valence-electron chi connectivity index (χ1n) is 6.03. The van der Waals surface area contributed by atoms with Gasteiger partial charge in [0.25, 0.3) is 0 Å². The summed E-state index contributed by atoms with van der Waals surface area (Å²) in [7, 11) is 0. The zero-order valence-corrected chi connectivity index (χ0v) is 11.2. The molecule has 0 fully saturated rings. The largest absolute Gasteiger partial charge is 0.354 e. The van der Waals surface area contributed by atoms with Crippen LogP contribution in [0, 0.1) is 6.92 Å². The summed E-state index contributed by atoms with van der Waals surface area (Å²) in [6.07, 6.45) is 0.886. The number of aromatic amines is 1. The minimum atomic E-state index is 0.633. The topological polar surface area (TPSA) is 32.9 Å². The number of hydrogen-bond donors (Lipinski definition) is 1. The molecular formula is C16H12ClNO. The predicted molar refractivity (Wildman–Crippen MR) is 78.9 cm³/mol. The van der Waals surface area contributed by atoms with Gasteiger partial charge in [-0.05, 0) is 25.1 Å². The van der Waals surface area contributed by atoms with E-state index in [1.54, 1.807) is 0 Å². The molecule has 1 heterocycles. The highest BCUT2D eigenvalue weighted by molar-refractivity contribution is 6.33. The number of rotatable bonds is 2. The van der Waals surface area contributed by atoms with E-state index < -0.39 is 0 Å².